The SMILES string of the molecule is NC(Br)C1CCCC1. The fourth-order valence-corrected chi connectivity index (χ4v) is 1.80. The number of hydrogen-bond acceptors (Lipinski definition) is 1. The van der Waals surface area contributed by atoms with Crippen LogP contribution in [0.2, 0.25) is 0 Å². The highest BCUT2D eigenvalue weighted by Crippen LogP contribution is 2.28. The Kier molecular flexibility index (Phi) is 2.32. The van der Waals surface area contributed by atoms with E-state index < -0.39 is 0 Å². The van der Waals surface area contributed by atoms with E-state index in [9.17, 15) is 0 Å². The second kappa shape index (κ2) is 2.83. The van der Waals surface area contributed by atoms with Gasteiger partial charge in [-0.2, -0.15) is 0 Å². The van der Waals surface area contributed by atoms with Gasteiger partial charge in [0.1, 0.15) is 0 Å². The Morgan fingerprint density at radius 2 is 1.88 bits per heavy atom. The molecular weight excluding hydrogens is 166 g/mol. The lowest BCUT2D eigenvalue weighted by molar-refractivity contribution is 0.538. The lowest BCUT2D eigenvalue weighted by Crippen LogP contribution is -2.20. The van der Waals surface area contributed by atoms with Crippen LogP contribution in [0.4, 0.5) is 0 Å². The smallest absolute Gasteiger partial charge is 0.0634 e. The van der Waals surface area contributed by atoms with Gasteiger partial charge < -0.3 is 5.73 Å². The normalized spacial score (nSPS) is 26.2. The molecule has 1 aliphatic carbocycles. The fourth-order valence-electron chi connectivity index (χ4n) is 1.28. The second-order valence-corrected chi connectivity index (χ2v) is 3.55. The van der Waals surface area contributed by atoms with Crippen molar-refractivity contribution in [2.24, 2.45) is 11.7 Å². The van der Waals surface area contributed by atoms with Gasteiger partial charge in [-0.3, -0.25) is 0 Å². The van der Waals surface area contributed by atoms with Crippen molar-refractivity contribution in [3.05, 3.63) is 0 Å². The van der Waals surface area contributed by atoms with E-state index in [1.807, 2.05) is 0 Å². The van der Waals surface area contributed by atoms with Crippen molar-refractivity contribution in [3.8, 4) is 0 Å². The summed E-state index contributed by atoms with van der Waals surface area (Å²) in [5.41, 5.74) is 5.61. The Morgan fingerprint density at radius 1 is 1.38 bits per heavy atom. The highest BCUT2D eigenvalue weighted by atomic mass is 79.9. The predicted molar refractivity (Wildman–Crippen MR) is 38.9 cm³/mol. The maximum Gasteiger partial charge on any atom is 0.0634 e. The van der Waals surface area contributed by atoms with Crippen LogP contribution in [0.25, 0.3) is 0 Å². The van der Waals surface area contributed by atoms with Gasteiger partial charge in [-0.15, -0.1) is 0 Å². The average Bonchev–Trinajstić information content (AvgIpc) is 2.12. The third-order valence-electron chi connectivity index (χ3n) is 1.85. The Bertz CT molecular complexity index is 66.9. The summed E-state index contributed by atoms with van der Waals surface area (Å²) in [6, 6.07) is 0. The molecule has 1 rings (SSSR count). The minimum atomic E-state index is 0.255. The summed E-state index contributed by atoms with van der Waals surface area (Å²) in [7, 11) is 0. The Morgan fingerprint density at radius 3 is 2.12 bits per heavy atom. The van der Waals surface area contributed by atoms with E-state index in [0.29, 0.717) is 0 Å². The molecule has 2 N–H and O–H groups in total. The molecule has 0 bridgehead atoms. The minimum Gasteiger partial charge on any atom is -0.319 e. The number of halogens is 1. The summed E-state index contributed by atoms with van der Waals surface area (Å²) in [5, 5.41) is 0. The van der Waals surface area contributed by atoms with Gasteiger partial charge in [0.15, 0.2) is 0 Å². The molecule has 1 aliphatic rings. The van der Waals surface area contributed by atoms with Gasteiger partial charge in [0, 0.05) is 0 Å². The van der Waals surface area contributed by atoms with Crippen molar-refractivity contribution in [1.82, 2.24) is 0 Å². The first-order valence-corrected chi connectivity index (χ1v) is 4.12. The average molecular weight is 178 g/mol. The summed E-state index contributed by atoms with van der Waals surface area (Å²) >= 11 is 3.38. The molecule has 1 nitrogen and oxygen atoms in total. The summed E-state index contributed by atoms with van der Waals surface area (Å²) < 4.78 is 0. The maximum absolute atomic E-state index is 5.61. The molecule has 0 aromatic carbocycles. The van der Waals surface area contributed by atoms with Crippen molar-refractivity contribution in [2.45, 2.75) is 30.6 Å². The first-order valence-electron chi connectivity index (χ1n) is 3.20. The third kappa shape index (κ3) is 1.46. The number of rotatable bonds is 1. The standard InChI is InChI=1S/C6H12BrN/c7-6(8)5-3-1-2-4-5/h5-6H,1-4,8H2. The van der Waals surface area contributed by atoms with Crippen LogP contribution in [0.3, 0.4) is 0 Å². The molecule has 8 heavy (non-hydrogen) atoms. The van der Waals surface area contributed by atoms with Crippen LogP contribution >= 0.6 is 15.9 Å². The highest BCUT2D eigenvalue weighted by Gasteiger charge is 2.18. The molecule has 1 atom stereocenters. The zero-order valence-electron chi connectivity index (χ0n) is 4.94. The molecule has 0 spiro atoms. The molecule has 0 radical (unpaired) electrons. The fraction of sp³-hybridized carbons (Fsp3) is 1.00. The van der Waals surface area contributed by atoms with Crippen LogP contribution in [-0.4, -0.2) is 4.95 Å². The molecule has 0 aromatic rings. The molecule has 1 fully saturated rings. The van der Waals surface area contributed by atoms with Gasteiger partial charge in [0.05, 0.1) is 4.95 Å². The summed E-state index contributed by atoms with van der Waals surface area (Å²) in [4.78, 5) is 0.255. The van der Waals surface area contributed by atoms with E-state index in [-0.39, 0.29) is 4.95 Å². The predicted octanol–water partition coefficient (Wildman–Crippen LogP) is 1.86. The molecular formula is C6H12BrN. The number of alkyl halides is 1. The van der Waals surface area contributed by atoms with Crippen molar-refractivity contribution in [2.75, 3.05) is 0 Å². The molecule has 48 valence electrons. The van der Waals surface area contributed by atoms with Gasteiger partial charge in [0.2, 0.25) is 0 Å². The Balaban J connectivity index is 2.24. The van der Waals surface area contributed by atoms with Gasteiger partial charge >= 0.3 is 0 Å². The van der Waals surface area contributed by atoms with Crippen LogP contribution in [0.5, 0.6) is 0 Å². The van der Waals surface area contributed by atoms with E-state index >= 15 is 0 Å². The number of hydrogen-bond donors (Lipinski definition) is 1. The van der Waals surface area contributed by atoms with Crippen molar-refractivity contribution in [1.29, 1.82) is 0 Å². The van der Waals surface area contributed by atoms with Crippen LogP contribution in [0, 0.1) is 5.92 Å². The van der Waals surface area contributed by atoms with Gasteiger partial charge in [-0.05, 0) is 18.8 Å². The van der Waals surface area contributed by atoms with Crippen molar-refractivity contribution >= 4 is 15.9 Å². The summed E-state index contributed by atoms with van der Waals surface area (Å²) in [5.74, 6) is 0.759. The Labute approximate surface area is 58.8 Å². The monoisotopic (exact) mass is 177 g/mol. The lowest BCUT2D eigenvalue weighted by atomic mass is 10.1. The van der Waals surface area contributed by atoms with E-state index in [2.05, 4.69) is 15.9 Å². The van der Waals surface area contributed by atoms with Crippen molar-refractivity contribution < 1.29 is 0 Å². The van der Waals surface area contributed by atoms with Crippen LogP contribution in [-0.2, 0) is 0 Å². The lowest BCUT2D eigenvalue weighted by Gasteiger charge is -2.09. The molecule has 2 heteroatoms. The third-order valence-corrected chi connectivity index (χ3v) is 2.60. The zero-order valence-corrected chi connectivity index (χ0v) is 6.52. The van der Waals surface area contributed by atoms with Gasteiger partial charge in [-0.1, -0.05) is 28.8 Å². The van der Waals surface area contributed by atoms with E-state index in [1.54, 1.807) is 0 Å². The minimum absolute atomic E-state index is 0.255. The molecule has 0 aromatic heterocycles. The second-order valence-electron chi connectivity index (χ2n) is 2.49. The first-order chi connectivity index (χ1) is 3.80. The molecule has 1 unspecified atom stereocenters. The molecule has 0 heterocycles. The topological polar surface area (TPSA) is 26.0 Å². The van der Waals surface area contributed by atoms with E-state index in [1.165, 1.54) is 25.7 Å². The van der Waals surface area contributed by atoms with Gasteiger partial charge in [0.25, 0.3) is 0 Å². The van der Waals surface area contributed by atoms with Crippen LogP contribution < -0.4 is 5.73 Å². The quantitative estimate of drug-likeness (QED) is 0.481. The van der Waals surface area contributed by atoms with E-state index in [0.717, 1.165) is 5.92 Å². The first kappa shape index (κ1) is 6.56. The van der Waals surface area contributed by atoms with E-state index in [4.69, 9.17) is 5.73 Å². The summed E-state index contributed by atoms with van der Waals surface area (Å²) in [6.07, 6.45) is 5.41. The maximum atomic E-state index is 5.61. The molecule has 0 saturated heterocycles. The highest BCUT2D eigenvalue weighted by molar-refractivity contribution is 9.09. The zero-order chi connectivity index (χ0) is 5.98. The van der Waals surface area contributed by atoms with Crippen LogP contribution in [0.1, 0.15) is 25.7 Å². The largest absolute Gasteiger partial charge is 0.319 e. The van der Waals surface area contributed by atoms with Crippen LogP contribution in [0.15, 0.2) is 0 Å². The van der Waals surface area contributed by atoms with Crippen molar-refractivity contribution in [3.63, 3.8) is 0 Å². The molecule has 1 saturated carbocycles. The summed E-state index contributed by atoms with van der Waals surface area (Å²) in [6.45, 7) is 0. The molecule has 0 aliphatic heterocycles. The Hall–Kier alpha value is 0.440. The molecule has 0 amide bonds. The number of nitrogens with two attached hydrogens (primary N) is 1. The van der Waals surface area contributed by atoms with Gasteiger partial charge in [-0.25, -0.2) is 0 Å².